The molecule has 0 unspecified atom stereocenters. The minimum absolute atomic E-state index is 0.221. The largest absolute Gasteiger partial charge is 0.489 e. The Morgan fingerprint density at radius 1 is 1.00 bits per heavy atom. The van der Waals surface area contributed by atoms with E-state index < -0.39 is 10.0 Å². The first kappa shape index (κ1) is 15.9. The lowest BCUT2D eigenvalue weighted by molar-refractivity contribution is 0.306. The monoisotopic (exact) mass is 331 g/mol. The van der Waals surface area contributed by atoms with Gasteiger partial charge in [-0.25, -0.2) is 8.42 Å². The normalized spacial score (nSPS) is 15.0. The number of hydrogen-bond donors (Lipinski definition) is 1. The van der Waals surface area contributed by atoms with Gasteiger partial charge in [-0.2, -0.15) is 0 Å². The van der Waals surface area contributed by atoms with Crippen LogP contribution in [-0.2, 0) is 16.6 Å². The van der Waals surface area contributed by atoms with Crippen molar-refractivity contribution in [2.75, 3.05) is 10.5 Å². The van der Waals surface area contributed by atoms with E-state index in [4.69, 9.17) is 4.74 Å². The summed E-state index contributed by atoms with van der Waals surface area (Å²) >= 11 is 0. The van der Waals surface area contributed by atoms with Crippen LogP contribution in [0.5, 0.6) is 5.75 Å². The van der Waals surface area contributed by atoms with E-state index in [1.807, 2.05) is 30.3 Å². The van der Waals surface area contributed by atoms with E-state index in [0.717, 1.165) is 30.6 Å². The third-order valence-electron chi connectivity index (χ3n) is 4.06. The summed E-state index contributed by atoms with van der Waals surface area (Å²) in [6.45, 7) is 0.494. The van der Waals surface area contributed by atoms with Gasteiger partial charge >= 0.3 is 0 Å². The predicted octanol–water partition coefficient (Wildman–Crippen LogP) is 3.81. The molecule has 23 heavy (non-hydrogen) atoms. The molecule has 0 spiro atoms. The third kappa shape index (κ3) is 4.73. The summed E-state index contributed by atoms with van der Waals surface area (Å²) in [6, 6.07) is 16.9. The maximum absolute atomic E-state index is 12.1. The second-order valence-corrected chi connectivity index (χ2v) is 7.75. The second kappa shape index (κ2) is 7.04. The fourth-order valence-corrected chi connectivity index (χ4v) is 4.08. The Hall–Kier alpha value is -2.01. The maximum atomic E-state index is 12.1. The Labute approximate surface area is 137 Å². The number of rotatable bonds is 7. The number of sulfonamides is 1. The van der Waals surface area contributed by atoms with Crippen molar-refractivity contribution in [3.8, 4) is 5.75 Å². The lowest BCUT2D eigenvalue weighted by Gasteiger charge is -2.25. The van der Waals surface area contributed by atoms with Gasteiger partial charge in [0, 0.05) is 5.69 Å². The van der Waals surface area contributed by atoms with Crippen molar-refractivity contribution in [1.29, 1.82) is 0 Å². The van der Waals surface area contributed by atoms with Crippen molar-refractivity contribution < 1.29 is 13.2 Å². The fraction of sp³-hybridized carbons (Fsp3) is 0.333. The summed E-state index contributed by atoms with van der Waals surface area (Å²) in [5.41, 5.74) is 1.68. The first-order chi connectivity index (χ1) is 11.1. The van der Waals surface area contributed by atoms with Crippen molar-refractivity contribution in [1.82, 2.24) is 0 Å². The molecule has 0 aromatic heterocycles. The van der Waals surface area contributed by atoms with E-state index >= 15 is 0 Å². The van der Waals surface area contributed by atoms with Crippen molar-refractivity contribution in [2.45, 2.75) is 25.9 Å². The summed E-state index contributed by atoms with van der Waals surface area (Å²) < 4.78 is 32.4. The molecule has 0 atom stereocenters. The average molecular weight is 331 g/mol. The van der Waals surface area contributed by atoms with Crippen LogP contribution in [0.4, 0.5) is 5.69 Å². The summed E-state index contributed by atoms with van der Waals surface area (Å²) in [5.74, 6) is 1.26. The molecule has 0 aliphatic heterocycles. The van der Waals surface area contributed by atoms with Gasteiger partial charge in [-0.05, 0) is 48.6 Å². The van der Waals surface area contributed by atoms with Gasteiger partial charge in [0.2, 0.25) is 10.0 Å². The van der Waals surface area contributed by atoms with E-state index in [-0.39, 0.29) is 5.75 Å². The van der Waals surface area contributed by atoms with E-state index in [1.165, 1.54) is 0 Å². The summed E-state index contributed by atoms with van der Waals surface area (Å²) in [6.07, 6.45) is 3.19. The van der Waals surface area contributed by atoms with Crippen LogP contribution in [-0.4, -0.2) is 14.2 Å². The summed E-state index contributed by atoms with van der Waals surface area (Å²) in [4.78, 5) is 0. The Balaban J connectivity index is 1.54. The molecule has 1 N–H and O–H groups in total. The number of anilines is 1. The molecule has 1 aliphatic carbocycles. The lowest BCUT2D eigenvalue weighted by Crippen LogP contribution is -2.26. The standard InChI is InChI=1S/C18H21NO3S/c20-23(21,14-16-7-4-8-16)19-17-9-11-18(12-10-17)22-13-15-5-2-1-3-6-15/h1-3,5-6,9-12,16,19H,4,7-8,13-14H2. The maximum Gasteiger partial charge on any atom is 0.232 e. The molecule has 5 heteroatoms. The van der Waals surface area contributed by atoms with Crippen molar-refractivity contribution in [3.05, 3.63) is 60.2 Å². The first-order valence-electron chi connectivity index (χ1n) is 7.88. The summed E-state index contributed by atoms with van der Waals surface area (Å²) in [7, 11) is -3.25. The Bertz CT molecular complexity index is 723. The van der Waals surface area contributed by atoms with Gasteiger partial charge in [0.1, 0.15) is 12.4 Å². The zero-order chi connectivity index (χ0) is 16.1. The summed E-state index contributed by atoms with van der Waals surface area (Å²) in [5, 5.41) is 0. The van der Waals surface area contributed by atoms with E-state index in [1.54, 1.807) is 24.3 Å². The molecular weight excluding hydrogens is 310 g/mol. The van der Waals surface area contributed by atoms with Crippen LogP contribution in [0.1, 0.15) is 24.8 Å². The number of benzene rings is 2. The van der Waals surface area contributed by atoms with Gasteiger partial charge < -0.3 is 4.74 Å². The number of nitrogens with one attached hydrogen (secondary N) is 1. The molecule has 1 aliphatic rings. The Morgan fingerprint density at radius 2 is 1.70 bits per heavy atom. The smallest absolute Gasteiger partial charge is 0.232 e. The molecule has 0 bridgehead atoms. The third-order valence-corrected chi connectivity index (χ3v) is 5.51. The molecular formula is C18H21NO3S. The van der Waals surface area contributed by atoms with Gasteiger partial charge in [0.15, 0.2) is 0 Å². The fourth-order valence-electron chi connectivity index (χ4n) is 2.55. The molecule has 0 amide bonds. The molecule has 2 aromatic carbocycles. The quantitative estimate of drug-likeness (QED) is 0.839. The highest BCUT2D eigenvalue weighted by atomic mass is 32.2. The molecule has 4 nitrogen and oxygen atoms in total. The Morgan fingerprint density at radius 3 is 2.30 bits per heavy atom. The van der Waals surface area contributed by atoms with Crippen LogP contribution in [0.2, 0.25) is 0 Å². The van der Waals surface area contributed by atoms with E-state index in [0.29, 0.717) is 18.2 Å². The van der Waals surface area contributed by atoms with Crippen LogP contribution in [0.15, 0.2) is 54.6 Å². The predicted molar refractivity (Wildman–Crippen MR) is 92.0 cm³/mol. The molecule has 2 aromatic rings. The van der Waals surface area contributed by atoms with Gasteiger partial charge in [-0.3, -0.25) is 4.72 Å². The molecule has 3 rings (SSSR count). The van der Waals surface area contributed by atoms with Gasteiger partial charge in [-0.15, -0.1) is 0 Å². The minimum atomic E-state index is -3.25. The van der Waals surface area contributed by atoms with Crippen molar-refractivity contribution >= 4 is 15.7 Å². The highest BCUT2D eigenvalue weighted by Gasteiger charge is 2.24. The first-order valence-corrected chi connectivity index (χ1v) is 9.53. The van der Waals surface area contributed by atoms with Gasteiger partial charge in [-0.1, -0.05) is 36.8 Å². The van der Waals surface area contributed by atoms with Crippen LogP contribution >= 0.6 is 0 Å². The Kier molecular flexibility index (Phi) is 4.86. The zero-order valence-corrected chi connectivity index (χ0v) is 13.8. The van der Waals surface area contributed by atoms with Crippen LogP contribution in [0.25, 0.3) is 0 Å². The molecule has 0 radical (unpaired) electrons. The molecule has 1 fully saturated rings. The number of ether oxygens (including phenoxy) is 1. The van der Waals surface area contributed by atoms with Crippen LogP contribution < -0.4 is 9.46 Å². The topological polar surface area (TPSA) is 55.4 Å². The van der Waals surface area contributed by atoms with Crippen molar-refractivity contribution in [2.24, 2.45) is 5.92 Å². The average Bonchev–Trinajstić information content (AvgIpc) is 2.51. The zero-order valence-electron chi connectivity index (χ0n) is 12.9. The molecule has 1 saturated carbocycles. The van der Waals surface area contributed by atoms with Crippen molar-refractivity contribution in [3.63, 3.8) is 0 Å². The molecule has 0 saturated heterocycles. The van der Waals surface area contributed by atoms with Gasteiger partial charge in [0.05, 0.1) is 5.75 Å². The molecule has 0 heterocycles. The second-order valence-electron chi connectivity index (χ2n) is 5.98. The lowest BCUT2D eigenvalue weighted by atomic mass is 9.87. The SMILES string of the molecule is O=S(=O)(CC1CCC1)Nc1ccc(OCc2ccccc2)cc1. The minimum Gasteiger partial charge on any atom is -0.489 e. The molecule has 122 valence electrons. The highest BCUT2D eigenvalue weighted by Crippen LogP contribution is 2.28. The van der Waals surface area contributed by atoms with E-state index in [9.17, 15) is 8.42 Å². The van der Waals surface area contributed by atoms with Crippen LogP contribution in [0, 0.1) is 5.92 Å². The van der Waals surface area contributed by atoms with E-state index in [2.05, 4.69) is 4.72 Å². The van der Waals surface area contributed by atoms with Gasteiger partial charge in [0.25, 0.3) is 0 Å². The van der Waals surface area contributed by atoms with Crippen LogP contribution in [0.3, 0.4) is 0 Å². The number of hydrogen-bond acceptors (Lipinski definition) is 3. The highest BCUT2D eigenvalue weighted by molar-refractivity contribution is 7.92.